The summed E-state index contributed by atoms with van der Waals surface area (Å²) in [5.74, 6) is 0.407. The summed E-state index contributed by atoms with van der Waals surface area (Å²) in [6, 6.07) is 8.53. The van der Waals surface area contributed by atoms with Gasteiger partial charge in [0.2, 0.25) is 5.76 Å². The number of pyridine rings is 1. The van der Waals surface area contributed by atoms with E-state index in [9.17, 15) is 4.79 Å². The molecule has 96 valence electrons. The highest BCUT2D eigenvalue weighted by Gasteiger charge is 2.12. The van der Waals surface area contributed by atoms with E-state index in [1.165, 1.54) is 6.20 Å². The van der Waals surface area contributed by atoms with Crippen LogP contribution >= 0.6 is 0 Å². The third-order valence-corrected chi connectivity index (χ3v) is 2.52. The first-order chi connectivity index (χ1) is 9.22. The lowest BCUT2D eigenvalue weighted by molar-refractivity contribution is 0.0434. The van der Waals surface area contributed by atoms with E-state index < -0.39 is 5.97 Å². The fourth-order valence-electron chi connectivity index (χ4n) is 1.52. The third-order valence-electron chi connectivity index (χ3n) is 2.52. The lowest BCUT2D eigenvalue weighted by atomic mass is 10.2. The maximum absolute atomic E-state index is 11.7. The summed E-state index contributed by atoms with van der Waals surface area (Å²) in [4.78, 5) is 15.5. The van der Waals surface area contributed by atoms with Crippen LogP contribution in [0.15, 0.2) is 34.9 Å². The monoisotopic (exact) mass is 256 g/mol. The van der Waals surface area contributed by atoms with Gasteiger partial charge in [-0.25, -0.2) is 9.78 Å². The number of nitrogens with zero attached hydrogens (tertiary/aromatic N) is 2. The molecule has 0 spiro atoms. The standard InChI is InChI=1S/C14H12N2O3/c1-2-12-3-4-13(19-12)14(17)18-9-10-5-6-16-11(7-10)8-15/h3-7H,2,9H2,1H3. The molecule has 5 heteroatoms. The van der Waals surface area contributed by atoms with Crippen molar-refractivity contribution < 1.29 is 13.9 Å². The number of hydrogen-bond donors (Lipinski definition) is 0. The van der Waals surface area contributed by atoms with Crippen molar-refractivity contribution in [2.75, 3.05) is 0 Å². The van der Waals surface area contributed by atoms with Crippen LogP contribution in [0.2, 0.25) is 0 Å². The van der Waals surface area contributed by atoms with Crippen LogP contribution in [0.5, 0.6) is 0 Å². The summed E-state index contributed by atoms with van der Waals surface area (Å²) in [5.41, 5.74) is 1.00. The predicted octanol–water partition coefficient (Wildman–Crippen LogP) is 2.47. The minimum atomic E-state index is -0.519. The Labute approximate surface area is 110 Å². The van der Waals surface area contributed by atoms with Gasteiger partial charge in [0.05, 0.1) is 0 Å². The number of hydrogen-bond acceptors (Lipinski definition) is 5. The van der Waals surface area contributed by atoms with E-state index in [1.54, 1.807) is 24.3 Å². The molecule has 0 saturated carbocycles. The summed E-state index contributed by atoms with van der Waals surface area (Å²) in [5, 5.41) is 8.71. The molecule has 0 N–H and O–H groups in total. The Bertz CT molecular complexity index is 626. The highest BCUT2D eigenvalue weighted by atomic mass is 16.5. The van der Waals surface area contributed by atoms with E-state index in [4.69, 9.17) is 14.4 Å². The molecule has 2 rings (SSSR count). The molecule has 0 atom stereocenters. The van der Waals surface area contributed by atoms with Crippen molar-refractivity contribution in [3.63, 3.8) is 0 Å². The molecule has 0 aromatic carbocycles. The molecule has 0 unspecified atom stereocenters. The van der Waals surface area contributed by atoms with Gasteiger partial charge < -0.3 is 9.15 Å². The number of aromatic nitrogens is 1. The van der Waals surface area contributed by atoms with Crippen molar-refractivity contribution in [3.8, 4) is 6.07 Å². The van der Waals surface area contributed by atoms with Gasteiger partial charge in [-0.05, 0) is 29.8 Å². The molecule has 0 fully saturated rings. The fraction of sp³-hybridized carbons (Fsp3) is 0.214. The van der Waals surface area contributed by atoms with E-state index in [0.717, 1.165) is 12.2 Å². The Hall–Kier alpha value is -2.61. The second-order valence-electron chi connectivity index (χ2n) is 3.86. The van der Waals surface area contributed by atoms with E-state index in [-0.39, 0.29) is 12.4 Å². The molecule has 0 bridgehead atoms. The Morgan fingerprint density at radius 1 is 1.47 bits per heavy atom. The lowest BCUT2D eigenvalue weighted by Gasteiger charge is -2.03. The average molecular weight is 256 g/mol. The zero-order chi connectivity index (χ0) is 13.7. The molecule has 2 aromatic heterocycles. The van der Waals surface area contributed by atoms with Crippen molar-refractivity contribution >= 4 is 5.97 Å². The van der Waals surface area contributed by atoms with Gasteiger partial charge in [-0.15, -0.1) is 0 Å². The Kier molecular flexibility index (Phi) is 3.94. The number of rotatable bonds is 4. The van der Waals surface area contributed by atoms with Gasteiger partial charge >= 0.3 is 5.97 Å². The lowest BCUT2D eigenvalue weighted by Crippen LogP contribution is -2.04. The molecule has 0 aliphatic carbocycles. The van der Waals surface area contributed by atoms with Gasteiger partial charge in [0, 0.05) is 12.6 Å². The van der Waals surface area contributed by atoms with Crippen LogP contribution in [-0.2, 0) is 17.8 Å². The number of ether oxygens (including phenoxy) is 1. The number of furan rings is 1. The smallest absolute Gasteiger partial charge is 0.374 e. The van der Waals surface area contributed by atoms with E-state index in [2.05, 4.69) is 4.98 Å². The SMILES string of the molecule is CCc1ccc(C(=O)OCc2ccnc(C#N)c2)o1. The molecule has 2 heterocycles. The van der Waals surface area contributed by atoms with Crippen molar-refractivity contribution in [3.05, 3.63) is 53.2 Å². The molecule has 0 aliphatic heterocycles. The minimum absolute atomic E-state index is 0.0815. The number of carbonyl (C=O) groups is 1. The summed E-state index contributed by atoms with van der Waals surface area (Å²) < 4.78 is 10.4. The molecule has 0 radical (unpaired) electrons. The first-order valence-corrected chi connectivity index (χ1v) is 5.83. The van der Waals surface area contributed by atoms with Crippen LogP contribution in [0.1, 0.15) is 34.5 Å². The van der Waals surface area contributed by atoms with Crippen LogP contribution in [0.4, 0.5) is 0 Å². The molecule has 5 nitrogen and oxygen atoms in total. The maximum Gasteiger partial charge on any atom is 0.374 e. The number of nitriles is 1. The second kappa shape index (κ2) is 5.83. The van der Waals surface area contributed by atoms with Gasteiger partial charge in [0.15, 0.2) is 0 Å². The van der Waals surface area contributed by atoms with Crippen molar-refractivity contribution in [1.29, 1.82) is 5.26 Å². The van der Waals surface area contributed by atoms with Crippen LogP contribution in [0, 0.1) is 11.3 Å². The number of carbonyl (C=O) groups excluding carboxylic acids is 1. The van der Waals surface area contributed by atoms with E-state index >= 15 is 0 Å². The van der Waals surface area contributed by atoms with E-state index in [1.807, 2.05) is 13.0 Å². The van der Waals surface area contributed by atoms with Crippen LogP contribution in [-0.4, -0.2) is 11.0 Å². The van der Waals surface area contributed by atoms with Gasteiger partial charge in [0.25, 0.3) is 0 Å². The average Bonchev–Trinajstić information content (AvgIpc) is 2.94. The molecular weight excluding hydrogens is 244 g/mol. The Morgan fingerprint density at radius 2 is 2.32 bits per heavy atom. The normalized spacial score (nSPS) is 9.89. The van der Waals surface area contributed by atoms with Gasteiger partial charge in [-0.1, -0.05) is 6.92 Å². The maximum atomic E-state index is 11.7. The Morgan fingerprint density at radius 3 is 3.00 bits per heavy atom. The number of aryl methyl sites for hydroxylation is 1. The first-order valence-electron chi connectivity index (χ1n) is 5.83. The van der Waals surface area contributed by atoms with E-state index in [0.29, 0.717) is 11.3 Å². The largest absolute Gasteiger partial charge is 0.455 e. The number of esters is 1. The quantitative estimate of drug-likeness (QED) is 0.785. The highest BCUT2D eigenvalue weighted by Crippen LogP contribution is 2.11. The molecule has 0 amide bonds. The first kappa shape index (κ1) is 12.8. The van der Waals surface area contributed by atoms with Crippen molar-refractivity contribution in [2.45, 2.75) is 20.0 Å². The molecule has 0 saturated heterocycles. The van der Waals surface area contributed by atoms with Gasteiger partial charge in [0.1, 0.15) is 24.1 Å². The summed E-state index contributed by atoms with van der Waals surface area (Å²) in [6.45, 7) is 2.02. The third kappa shape index (κ3) is 3.19. The minimum Gasteiger partial charge on any atom is -0.455 e. The molecule has 0 aliphatic rings. The highest BCUT2D eigenvalue weighted by molar-refractivity contribution is 5.86. The second-order valence-corrected chi connectivity index (χ2v) is 3.86. The van der Waals surface area contributed by atoms with Crippen molar-refractivity contribution in [2.24, 2.45) is 0 Å². The topological polar surface area (TPSA) is 76.1 Å². The zero-order valence-electron chi connectivity index (χ0n) is 10.4. The molecule has 2 aromatic rings. The van der Waals surface area contributed by atoms with Gasteiger partial charge in [-0.3, -0.25) is 0 Å². The molecule has 19 heavy (non-hydrogen) atoms. The molecular formula is C14H12N2O3. The fourth-order valence-corrected chi connectivity index (χ4v) is 1.52. The van der Waals surface area contributed by atoms with Crippen LogP contribution in [0.25, 0.3) is 0 Å². The van der Waals surface area contributed by atoms with Gasteiger partial charge in [-0.2, -0.15) is 5.26 Å². The van der Waals surface area contributed by atoms with Crippen LogP contribution < -0.4 is 0 Å². The predicted molar refractivity (Wildman–Crippen MR) is 66.2 cm³/mol. The van der Waals surface area contributed by atoms with Crippen molar-refractivity contribution in [1.82, 2.24) is 4.98 Å². The summed E-state index contributed by atoms with van der Waals surface area (Å²) in [6.07, 6.45) is 2.23. The Balaban J connectivity index is 1.98. The van der Waals surface area contributed by atoms with Crippen LogP contribution in [0.3, 0.4) is 0 Å². The summed E-state index contributed by atoms with van der Waals surface area (Å²) in [7, 11) is 0. The summed E-state index contributed by atoms with van der Waals surface area (Å²) >= 11 is 0. The zero-order valence-corrected chi connectivity index (χ0v) is 10.4.